The van der Waals surface area contributed by atoms with Crippen LogP contribution in [-0.2, 0) is 0 Å². The van der Waals surface area contributed by atoms with Gasteiger partial charge in [-0.25, -0.2) is 0 Å². The van der Waals surface area contributed by atoms with Crippen LogP contribution in [0.5, 0.6) is 5.75 Å². The second kappa shape index (κ2) is 4.61. The molecule has 1 amide bonds. The molecule has 4 nitrogen and oxygen atoms in total. The molecule has 2 rings (SSSR count). The zero-order valence-electron chi connectivity index (χ0n) is 10.8. The maximum atomic E-state index is 12.4. The minimum Gasteiger partial charge on any atom is -0.508 e. The third kappa shape index (κ3) is 2.48. The molecule has 0 spiro atoms. The van der Waals surface area contributed by atoms with Crippen molar-refractivity contribution in [2.75, 3.05) is 13.1 Å². The Morgan fingerprint density at radius 3 is 2.83 bits per heavy atom. The molecule has 18 heavy (non-hydrogen) atoms. The number of aliphatic hydroxyl groups is 1. The van der Waals surface area contributed by atoms with Gasteiger partial charge < -0.3 is 15.1 Å². The van der Waals surface area contributed by atoms with Crippen molar-refractivity contribution >= 4 is 5.91 Å². The summed E-state index contributed by atoms with van der Waals surface area (Å²) in [6.07, 6.45) is 1.52. The third-order valence-corrected chi connectivity index (χ3v) is 3.50. The number of phenols is 1. The zero-order chi connectivity index (χ0) is 13.3. The first-order valence-corrected chi connectivity index (χ1v) is 6.21. The highest BCUT2D eigenvalue weighted by molar-refractivity contribution is 5.96. The number of nitrogens with zero attached hydrogens (tertiary/aromatic N) is 1. The molecule has 1 aromatic carbocycles. The van der Waals surface area contributed by atoms with Gasteiger partial charge in [0.15, 0.2) is 0 Å². The number of β-amino-alcohol motifs (C(OH)–C–C–N with tert-alkyl or cyclic N) is 1. The summed E-state index contributed by atoms with van der Waals surface area (Å²) in [6, 6.07) is 4.94. The van der Waals surface area contributed by atoms with Gasteiger partial charge in [-0.15, -0.1) is 0 Å². The summed E-state index contributed by atoms with van der Waals surface area (Å²) >= 11 is 0. The van der Waals surface area contributed by atoms with Crippen molar-refractivity contribution in [3.63, 3.8) is 0 Å². The molecule has 0 radical (unpaired) electrons. The molecule has 0 aromatic heterocycles. The number of piperidine rings is 1. The largest absolute Gasteiger partial charge is 0.508 e. The Kier molecular flexibility index (Phi) is 3.30. The average Bonchev–Trinajstić information content (AvgIpc) is 2.30. The summed E-state index contributed by atoms with van der Waals surface area (Å²) in [5, 5.41) is 19.7. The Morgan fingerprint density at radius 1 is 1.44 bits per heavy atom. The topological polar surface area (TPSA) is 60.8 Å². The first-order chi connectivity index (χ1) is 8.41. The Hall–Kier alpha value is -1.55. The lowest BCUT2D eigenvalue weighted by Crippen LogP contribution is -2.48. The monoisotopic (exact) mass is 249 g/mol. The highest BCUT2D eigenvalue weighted by atomic mass is 16.3. The van der Waals surface area contributed by atoms with Crippen LogP contribution in [0.1, 0.15) is 35.7 Å². The van der Waals surface area contributed by atoms with E-state index in [-0.39, 0.29) is 11.7 Å². The number of hydrogen-bond donors (Lipinski definition) is 2. The van der Waals surface area contributed by atoms with Crippen molar-refractivity contribution < 1.29 is 15.0 Å². The summed E-state index contributed by atoms with van der Waals surface area (Å²) in [5.41, 5.74) is 0.291. The molecule has 4 heteroatoms. The van der Waals surface area contributed by atoms with Gasteiger partial charge in [0.2, 0.25) is 0 Å². The first kappa shape index (κ1) is 12.9. The summed E-state index contributed by atoms with van der Waals surface area (Å²) in [7, 11) is 0. The molecule has 1 aromatic rings. The second-order valence-electron chi connectivity index (χ2n) is 5.28. The summed E-state index contributed by atoms with van der Waals surface area (Å²) < 4.78 is 0. The minimum atomic E-state index is -0.807. The standard InChI is InChI=1S/C14H19NO3/c1-10-11(5-3-6-12(10)16)13(17)15-8-4-7-14(2,18)9-15/h3,5-6,16,18H,4,7-9H2,1-2H3. The Morgan fingerprint density at radius 2 is 2.17 bits per heavy atom. The number of likely N-dealkylation sites (tertiary alicyclic amines) is 1. The van der Waals surface area contributed by atoms with Crippen LogP contribution in [-0.4, -0.2) is 39.7 Å². The van der Waals surface area contributed by atoms with E-state index < -0.39 is 5.60 Å². The molecule has 1 atom stereocenters. The molecular weight excluding hydrogens is 230 g/mol. The summed E-state index contributed by atoms with van der Waals surface area (Å²) in [6.45, 7) is 4.48. The summed E-state index contributed by atoms with van der Waals surface area (Å²) in [5.74, 6) is 0.00740. The molecule has 2 N–H and O–H groups in total. The number of phenolic OH excluding ortho intramolecular Hbond substituents is 1. The lowest BCUT2D eigenvalue weighted by Gasteiger charge is -2.37. The van der Waals surface area contributed by atoms with Gasteiger partial charge in [-0.1, -0.05) is 6.07 Å². The number of aromatic hydroxyl groups is 1. The maximum absolute atomic E-state index is 12.4. The molecule has 0 saturated carbocycles. The zero-order valence-corrected chi connectivity index (χ0v) is 10.8. The van der Waals surface area contributed by atoms with Gasteiger partial charge in [0.25, 0.3) is 5.91 Å². The van der Waals surface area contributed by atoms with Crippen LogP contribution in [0.25, 0.3) is 0 Å². The molecule has 1 unspecified atom stereocenters. The third-order valence-electron chi connectivity index (χ3n) is 3.50. The number of rotatable bonds is 1. The number of carbonyl (C=O) groups is 1. The smallest absolute Gasteiger partial charge is 0.254 e. The fourth-order valence-electron chi connectivity index (χ4n) is 2.42. The van der Waals surface area contributed by atoms with Crippen molar-refractivity contribution in [2.45, 2.75) is 32.3 Å². The molecule has 1 fully saturated rings. The van der Waals surface area contributed by atoms with E-state index in [1.807, 2.05) is 0 Å². The molecule has 98 valence electrons. The predicted octanol–water partition coefficient (Wildman–Crippen LogP) is 1.69. The van der Waals surface area contributed by atoms with Gasteiger partial charge in [-0.2, -0.15) is 0 Å². The van der Waals surface area contributed by atoms with Crippen molar-refractivity contribution in [1.82, 2.24) is 4.90 Å². The van der Waals surface area contributed by atoms with E-state index in [4.69, 9.17) is 0 Å². The first-order valence-electron chi connectivity index (χ1n) is 6.21. The van der Waals surface area contributed by atoms with Gasteiger partial charge in [-0.05, 0) is 38.8 Å². The fourth-order valence-corrected chi connectivity index (χ4v) is 2.42. The van der Waals surface area contributed by atoms with Gasteiger partial charge in [-0.3, -0.25) is 4.79 Å². The summed E-state index contributed by atoms with van der Waals surface area (Å²) in [4.78, 5) is 14.0. The van der Waals surface area contributed by atoms with Gasteiger partial charge in [0.1, 0.15) is 5.75 Å². The quantitative estimate of drug-likeness (QED) is 0.796. The number of hydrogen-bond acceptors (Lipinski definition) is 3. The SMILES string of the molecule is Cc1c(O)cccc1C(=O)N1CCCC(C)(O)C1. The van der Waals surface area contributed by atoms with Crippen molar-refractivity contribution in [2.24, 2.45) is 0 Å². The average molecular weight is 249 g/mol. The highest BCUT2D eigenvalue weighted by Crippen LogP contribution is 2.25. The number of amides is 1. The molecule has 1 heterocycles. The van der Waals surface area contributed by atoms with E-state index in [1.54, 1.807) is 36.9 Å². The number of carbonyl (C=O) groups excluding carboxylic acids is 1. The van der Waals surface area contributed by atoms with Gasteiger partial charge >= 0.3 is 0 Å². The Balaban J connectivity index is 2.23. The van der Waals surface area contributed by atoms with E-state index in [1.165, 1.54) is 0 Å². The fraction of sp³-hybridized carbons (Fsp3) is 0.500. The van der Waals surface area contributed by atoms with E-state index in [9.17, 15) is 15.0 Å². The number of benzene rings is 1. The Labute approximate surface area is 107 Å². The van der Waals surface area contributed by atoms with Crippen molar-refractivity contribution in [3.05, 3.63) is 29.3 Å². The van der Waals surface area contributed by atoms with Gasteiger partial charge in [0.05, 0.1) is 5.60 Å². The minimum absolute atomic E-state index is 0.122. The van der Waals surface area contributed by atoms with Crippen LogP contribution in [0.4, 0.5) is 0 Å². The lowest BCUT2D eigenvalue weighted by atomic mass is 9.94. The molecule has 1 aliphatic rings. The van der Waals surface area contributed by atoms with Crippen LogP contribution in [0.2, 0.25) is 0 Å². The second-order valence-corrected chi connectivity index (χ2v) is 5.28. The van der Waals surface area contributed by atoms with Crippen LogP contribution in [0.3, 0.4) is 0 Å². The van der Waals surface area contributed by atoms with Crippen LogP contribution >= 0.6 is 0 Å². The van der Waals surface area contributed by atoms with Crippen molar-refractivity contribution in [3.8, 4) is 5.75 Å². The van der Waals surface area contributed by atoms with E-state index >= 15 is 0 Å². The van der Waals surface area contributed by atoms with Crippen LogP contribution in [0, 0.1) is 6.92 Å². The molecule has 0 aliphatic carbocycles. The molecule has 1 aliphatic heterocycles. The van der Waals surface area contributed by atoms with E-state index in [2.05, 4.69) is 0 Å². The molecular formula is C14H19NO3. The predicted molar refractivity (Wildman–Crippen MR) is 68.6 cm³/mol. The van der Waals surface area contributed by atoms with Crippen molar-refractivity contribution in [1.29, 1.82) is 0 Å². The van der Waals surface area contributed by atoms with Gasteiger partial charge in [0, 0.05) is 24.2 Å². The molecule has 1 saturated heterocycles. The van der Waals surface area contributed by atoms with E-state index in [0.717, 1.165) is 12.8 Å². The van der Waals surface area contributed by atoms with Crippen LogP contribution < -0.4 is 0 Å². The molecule has 0 bridgehead atoms. The highest BCUT2D eigenvalue weighted by Gasteiger charge is 2.31. The normalized spacial score (nSPS) is 24.1. The maximum Gasteiger partial charge on any atom is 0.254 e. The van der Waals surface area contributed by atoms with E-state index in [0.29, 0.717) is 24.2 Å². The Bertz CT molecular complexity index is 468. The van der Waals surface area contributed by atoms with Crippen LogP contribution in [0.15, 0.2) is 18.2 Å². The lowest BCUT2D eigenvalue weighted by molar-refractivity contribution is -0.0107.